The third-order valence-corrected chi connectivity index (χ3v) is 4.83. The van der Waals surface area contributed by atoms with Crippen LogP contribution in [0.3, 0.4) is 0 Å². The van der Waals surface area contributed by atoms with E-state index in [1.165, 1.54) is 17.0 Å². The summed E-state index contributed by atoms with van der Waals surface area (Å²) in [4.78, 5) is 13.4. The van der Waals surface area contributed by atoms with Crippen molar-refractivity contribution in [2.45, 2.75) is 23.8 Å². The monoisotopic (exact) mass is 283 g/mol. The number of hydrogen-bond donors (Lipinski definition) is 1. The third-order valence-electron chi connectivity index (χ3n) is 3.10. The van der Waals surface area contributed by atoms with Crippen molar-refractivity contribution in [1.29, 1.82) is 0 Å². The minimum atomic E-state index is -3.41. The normalized spacial score (nSPS) is 17.9. The van der Waals surface area contributed by atoms with Crippen molar-refractivity contribution in [3.05, 3.63) is 30.3 Å². The van der Waals surface area contributed by atoms with Gasteiger partial charge in [-0.15, -0.1) is 0 Å². The predicted molar refractivity (Wildman–Crippen MR) is 70.3 cm³/mol. The first-order valence-corrected chi connectivity index (χ1v) is 7.73. The molecule has 19 heavy (non-hydrogen) atoms. The van der Waals surface area contributed by atoms with Crippen LogP contribution in [-0.2, 0) is 14.6 Å². The summed E-state index contributed by atoms with van der Waals surface area (Å²) in [7, 11) is -3.41. The minimum absolute atomic E-state index is 0.0483. The van der Waals surface area contributed by atoms with E-state index in [2.05, 4.69) is 0 Å². The summed E-state index contributed by atoms with van der Waals surface area (Å²) in [5.41, 5.74) is -0.825. The fraction of sp³-hybridized carbons (Fsp3) is 0.462. The van der Waals surface area contributed by atoms with Crippen LogP contribution in [0.15, 0.2) is 35.2 Å². The van der Waals surface area contributed by atoms with Gasteiger partial charge in [-0.3, -0.25) is 4.79 Å². The molecule has 0 aromatic heterocycles. The fourth-order valence-corrected chi connectivity index (χ4v) is 3.33. The molecule has 1 heterocycles. The molecule has 0 bridgehead atoms. The topological polar surface area (TPSA) is 74.7 Å². The van der Waals surface area contributed by atoms with Gasteiger partial charge < -0.3 is 10.0 Å². The van der Waals surface area contributed by atoms with Crippen LogP contribution in [-0.4, -0.2) is 48.8 Å². The highest BCUT2D eigenvalue weighted by molar-refractivity contribution is 7.91. The number of amides is 1. The van der Waals surface area contributed by atoms with Crippen molar-refractivity contribution in [3.8, 4) is 0 Å². The number of carbonyl (C=O) groups is 1. The molecule has 1 N–H and O–H groups in total. The zero-order valence-corrected chi connectivity index (χ0v) is 11.6. The molecule has 5 nitrogen and oxygen atoms in total. The van der Waals surface area contributed by atoms with E-state index in [9.17, 15) is 18.3 Å². The van der Waals surface area contributed by atoms with Crippen LogP contribution in [0.25, 0.3) is 0 Å². The highest BCUT2D eigenvalue weighted by atomic mass is 32.2. The van der Waals surface area contributed by atoms with E-state index in [0.717, 1.165) is 0 Å². The molecule has 104 valence electrons. The molecule has 0 unspecified atom stereocenters. The summed E-state index contributed by atoms with van der Waals surface area (Å²) < 4.78 is 23.9. The Morgan fingerprint density at radius 1 is 1.32 bits per heavy atom. The summed E-state index contributed by atoms with van der Waals surface area (Å²) >= 11 is 0. The second-order valence-electron chi connectivity index (χ2n) is 5.13. The Labute approximate surface area is 112 Å². The van der Waals surface area contributed by atoms with E-state index < -0.39 is 15.4 Å². The molecule has 1 fully saturated rings. The number of sulfone groups is 1. The first-order valence-electron chi connectivity index (χ1n) is 6.08. The maximum atomic E-state index is 12.0. The van der Waals surface area contributed by atoms with Crippen LogP contribution in [0.1, 0.15) is 13.3 Å². The second-order valence-corrected chi connectivity index (χ2v) is 7.24. The van der Waals surface area contributed by atoms with Crippen molar-refractivity contribution < 1.29 is 18.3 Å². The average molecular weight is 283 g/mol. The molecule has 6 heteroatoms. The smallest absolute Gasteiger partial charge is 0.223 e. The Hall–Kier alpha value is -1.40. The molecule has 1 aliphatic rings. The van der Waals surface area contributed by atoms with Crippen LogP contribution in [0.4, 0.5) is 0 Å². The lowest BCUT2D eigenvalue weighted by atomic mass is 9.97. The number of β-amino-alcohol motifs (C(OH)–C–C–N with tert-alkyl or cyclic N) is 1. The molecule has 0 radical (unpaired) electrons. The number of rotatable bonds is 4. The zero-order valence-electron chi connectivity index (χ0n) is 10.7. The first kappa shape index (κ1) is 14.0. The lowest BCUT2D eigenvalue weighted by Gasteiger charge is -2.44. The largest absolute Gasteiger partial charge is 0.386 e. The van der Waals surface area contributed by atoms with Gasteiger partial charge in [0.05, 0.1) is 29.3 Å². The zero-order chi connectivity index (χ0) is 14.1. The lowest BCUT2D eigenvalue weighted by Crippen LogP contribution is -2.61. The molecule has 0 spiro atoms. The standard InChI is InChI=1S/C13H17NO4S/c1-13(16)9-14(10-13)12(15)7-8-19(17,18)11-5-3-2-4-6-11/h2-6,16H,7-10H2,1H3. The van der Waals surface area contributed by atoms with E-state index in [1.807, 2.05) is 0 Å². The SMILES string of the molecule is CC1(O)CN(C(=O)CCS(=O)(=O)c2ccccc2)C1. The van der Waals surface area contributed by atoms with Gasteiger partial charge in [0.2, 0.25) is 5.91 Å². The van der Waals surface area contributed by atoms with Crippen molar-refractivity contribution in [2.24, 2.45) is 0 Å². The van der Waals surface area contributed by atoms with Gasteiger partial charge in [-0.1, -0.05) is 18.2 Å². The highest BCUT2D eigenvalue weighted by Crippen LogP contribution is 2.21. The highest BCUT2D eigenvalue weighted by Gasteiger charge is 2.39. The van der Waals surface area contributed by atoms with Gasteiger partial charge >= 0.3 is 0 Å². The number of likely N-dealkylation sites (tertiary alicyclic amines) is 1. The van der Waals surface area contributed by atoms with E-state index >= 15 is 0 Å². The van der Waals surface area contributed by atoms with Crippen LogP contribution in [0.5, 0.6) is 0 Å². The molecule has 1 aromatic carbocycles. The van der Waals surface area contributed by atoms with Gasteiger partial charge in [0.15, 0.2) is 9.84 Å². The Morgan fingerprint density at radius 2 is 1.89 bits per heavy atom. The van der Waals surface area contributed by atoms with Gasteiger partial charge in [0.1, 0.15) is 0 Å². The molecular weight excluding hydrogens is 266 g/mol. The summed E-state index contributed by atoms with van der Waals surface area (Å²) in [6, 6.07) is 8.09. The van der Waals surface area contributed by atoms with Crippen LogP contribution in [0, 0.1) is 0 Å². The van der Waals surface area contributed by atoms with Gasteiger partial charge in [-0.05, 0) is 19.1 Å². The lowest BCUT2D eigenvalue weighted by molar-refractivity contribution is -0.151. The Kier molecular flexibility index (Phi) is 3.64. The number of aliphatic hydroxyl groups is 1. The molecule has 1 saturated heterocycles. The number of carbonyl (C=O) groups excluding carboxylic acids is 1. The average Bonchev–Trinajstić information content (AvgIpc) is 2.34. The fourth-order valence-electron chi connectivity index (χ4n) is 2.08. The molecule has 0 atom stereocenters. The maximum absolute atomic E-state index is 12.0. The minimum Gasteiger partial charge on any atom is -0.386 e. The van der Waals surface area contributed by atoms with Crippen molar-refractivity contribution >= 4 is 15.7 Å². The summed E-state index contributed by atoms with van der Waals surface area (Å²) in [5.74, 6) is -0.430. The Balaban J connectivity index is 1.91. The second kappa shape index (κ2) is 4.94. The molecule has 1 aromatic rings. The number of hydrogen-bond acceptors (Lipinski definition) is 4. The molecule has 1 aliphatic heterocycles. The summed E-state index contributed by atoms with van der Waals surface area (Å²) in [6.45, 7) is 2.20. The van der Waals surface area contributed by atoms with Crippen LogP contribution >= 0.6 is 0 Å². The van der Waals surface area contributed by atoms with E-state index in [4.69, 9.17) is 0 Å². The maximum Gasteiger partial charge on any atom is 0.223 e. The Morgan fingerprint density at radius 3 is 2.42 bits per heavy atom. The molecule has 0 saturated carbocycles. The van der Waals surface area contributed by atoms with Crippen molar-refractivity contribution in [1.82, 2.24) is 4.90 Å². The molecule has 1 amide bonds. The molecular formula is C13H17NO4S. The quantitative estimate of drug-likeness (QED) is 0.870. The van der Waals surface area contributed by atoms with E-state index in [0.29, 0.717) is 0 Å². The van der Waals surface area contributed by atoms with Gasteiger partial charge in [-0.25, -0.2) is 8.42 Å². The molecule has 0 aliphatic carbocycles. The van der Waals surface area contributed by atoms with Gasteiger partial charge in [-0.2, -0.15) is 0 Å². The van der Waals surface area contributed by atoms with E-state index in [1.54, 1.807) is 25.1 Å². The van der Waals surface area contributed by atoms with Gasteiger partial charge in [0.25, 0.3) is 0 Å². The number of nitrogens with zero attached hydrogens (tertiary/aromatic N) is 1. The summed E-state index contributed by atoms with van der Waals surface area (Å²) in [5, 5.41) is 9.53. The van der Waals surface area contributed by atoms with E-state index in [-0.39, 0.29) is 36.1 Å². The third kappa shape index (κ3) is 3.33. The number of benzene rings is 1. The van der Waals surface area contributed by atoms with Gasteiger partial charge in [0, 0.05) is 6.42 Å². The predicted octanol–water partition coefficient (Wildman–Crippen LogP) is 0.444. The van der Waals surface area contributed by atoms with Crippen LogP contribution in [0.2, 0.25) is 0 Å². The van der Waals surface area contributed by atoms with Crippen molar-refractivity contribution in [3.63, 3.8) is 0 Å². The first-order chi connectivity index (χ1) is 8.80. The summed E-state index contributed by atoms with van der Waals surface area (Å²) in [6.07, 6.45) is -0.0483. The molecule has 2 rings (SSSR count). The van der Waals surface area contributed by atoms with Crippen LogP contribution < -0.4 is 0 Å². The van der Waals surface area contributed by atoms with Crippen molar-refractivity contribution in [2.75, 3.05) is 18.8 Å². The Bertz CT molecular complexity index is 558.